The number of nitrogens with zero attached hydrogens (tertiary/aromatic N) is 4. The molecule has 4 heterocycles. The molecule has 1 fully saturated rings. The van der Waals surface area contributed by atoms with E-state index >= 15 is 0 Å². The van der Waals surface area contributed by atoms with Gasteiger partial charge >= 0.3 is 0 Å². The molecule has 0 unspecified atom stereocenters. The summed E-state index contributed by atoms with van der Waals surface area (Å²) in [6.07, 6.45) is 4.14. The standard InChI is InChI=1S/C18H22N6OS/c1-10-8-13(15-11(2)23-24(3)16(15)21-10)17(25)22-18-20-9-14(26-18)12-4-6-19-7-5-12/h8-9,12,19H,4-7H2,1-3H3,(H,20,22,25). The van der Waals surface area contributed by atoms with E-state index in [0.717, 1.165) is 48.4 Å². The number of rotatable bonds is 3. The Bertz CT molecular complexity index is 970. The third-order valence-corrected chi connectivity index (χ3v) is 5.90. The van der Waals surface area contributed by atoms with Gasteiger partial charge in [-0.15, -0.1) is 11.3 Å². The van der Waals surface area contributed by atoms with Crippen molar-refractivity contribution in [2.75, 3.05) is 18.4 Å². The number of hydrogen-bond donors (Lipinski definition) is 2. The van der Waals surface area contributed by atoms with Crippen LogP contribution in [0.2, 0.25) is 0 Å². The van der Waals surface area contributed by atoms with E-state index in [-0.39, 0.29) is 5.91 Å². The Morgan fingerprint density at radius 3 is 2.88 bits per heavy atom. The summed E-state index contributed by atoms with van der Waals surface area (Å²) in [6.45, 7) is 5.86. The Balaban J connectivity index is 1.61. The molecule has 2 N–H and O–H groups in total. The lowest BCUT2D eigenvalue weighted by molar-refractivity contribution is 0.102. The molecule has 1 aliphatic rings. The number of aromatic nitrogens is 4. The summed E-state index contributed by atoms with van der Waals surface area (Å²) >= 11 is 1.57. The van der Waals surface area contributed by atoms with Crippen LogP contribution in [0.3, 0.4) is 0 Å². The first-order chi connectivity index (χ1) is 12.5. The van der Waals surface area contributed by atoms with E-state index in [1.807, 2.05) is 33.2 Å². The number of anilines is 1. The second-order valence-corrected chi connectivity index (χ2v) is 7.83. The number of carbonyl (C=O) groups excluding carboxylic acids is 1. The van der Waals surface area contributed by atoms with Crippen molar-refractivity contribution in [3.05, 3.63) is 34.1 Å². The Morgan fingerprint density at radius 1 is 1.35 bits per heavy atom. The van der Waals surface area contributed by atoms with Crippen LogP contribution >= 0.6 is 11.3 Å². The molecule has 0 aliphatic carbocycles. The predicted octanol–water partition coefficient (Wildman–Crippen LogP) is 2.76. The van der Waals surface area contributed by atoms with Gasteiger partial charge in [-0.05, 0) is 51.8 Å². The van der Waals surface area contributed by atoms with Gasteiger partial charge in [-0.3, -0.25) is 14.8 Å². The fourth-order valence-corrected chi connectivity index (χ4v) is 4.53. The minimum Gasteiger partial charge on any atom is -0.317 e. The highest BCUT2D eigenvalue weighted by Gasteiger charge is 2.21. The molecule has 4 rings (SSSR count). The minimum atomic E-state index is -0.164. The molecule has 1 aliphatic heterocycles. The lowest BCUT2D eigenvalue weighted by Gasteiger charge is -2.20. The zero-order chi connectivity index (χ0) is 18.3. The fourth-order valence-electron chi connectivity index (χ4n) is 3.55. The molecule has 0 aromatic carbocycles. The number of piperidine rings is 1. The van der Waals surface area contributed by atoms with Gasteiger partial charge in [0.25, 0.3) is 5.91 Å². The maximum absolute atomic E-state index is 12.9. The van der Waals surface area contributed by atoms with Gasteiger partial charge in [0.1, 0.15) is 0 Å². The second kappa shape index (κ2) is 6.77. The van der Waals surface area contributed by atoms with Crippen molar-refractivity contribution in [1.82, 2.24) is 25.1 Å². The number of pyridine rings is 1. The molecule has 3 aromatic rings. The minimum absolute atomic E-state index is 0.164. The van der Waals surface area contributed by atoms with E-state index < -0.39 is 0 Å². The van der Waals surface area contributed by atoms with Gasteiger partial charge in [0.05, 0.1) is 16.6 Å². The molecular formula is C18H22N6OS. The molecular weight excluding hydrogens is 348 g/mol. The number of thiazole rings is 1. The molecule has 7 nitrogen and oxygen atoms in total. The van der Waals surface area contributed by atoms with E-state index in [1.165, 1.54) is 4.88 Å². The molecule has 136 valence electrons. The summed E-state index contributed by atoms with van der Waals surface area (Å²) in [5, 5.41) is 12.2. The Hall–Kier alpha value is -2.32. The summed E-state index contributed by atoms with van der Waals surface area (Å²) in [4.78, 5) is 23.1. The maximum atomic E-state index is 12.9. The van der Waals surface area contributed by atoms with E-state index in [2.05, 4.69) is 25.7 Å². The topological polar surface area (TPSA) is 84.7 Å². The van der Waals surface area contributed by atoms with Crippen LogP contribution in [0.1, 0.15) is 45.4 Å². The highest BCUT2D eigenvalue weighted by Crippen LogP contribution is 2.32. The normalized spacial score (nSPS) is 15.5. The highest BCUT2D eigenvalue weighted by molar-refractivity contribution is 7.15. The van der Waals surface area contributed by atoms with E-state index in [0.29, 0.717) is 16.6 Å². The summed E-state index contributed by atoms with van der Waals surface area (Å²) < 4.78 is 1.72. The first kappa shape index (κ1) is 17.1. The third-order valence-electron chi connectivity index (χ3n) is 4.83. The molecule has 3 aromatic heterocycles. The molecule has 1 amide bonds. The van der Waals surface area contributed by atoms with Crippen LogP contribution in [0.15, 0.2) is 12.3 Å². The maximum Gasteiger partial charge on any atom is 0.258 e. The molecule has 26 heavy (non-hydrogen) atoms. The number of aryl methyl sites for hydroxylation is 3. The van der Waals surface area contributed by atoms with Gasteiger partial charge < -0.3 is 5.32 Å². The number of fused-ring (bicyclic) bond motifs is 1. The van der Waals surface area contributed by atoms with Gasteiger partial charge in [0.15, 0.2) is 10.8 Å². The van der Waals surface area contributed by atoms with Crippen LogP contribution in [0.25, 0.3) is 11.0 Å². The van der Waals surface area contributed by atoms with Gasteiger partial charge in [-0.1, -0.05) is 0 Å². The van der Waals surface area contributed by atoms with Crippen molar-refractivity contribution in [2.24, 2.45) is 7.05 Å². The number of amides is 1. The average Bonchev–Trinajstić information content (AvgIpc) is 3.20. The molecule has 8 heteroatoms. The lowest BCUT2D eigenvalue weighted by atomic mass is 9.97. The molecule has 0 saturated carbocycles. The second-order valence-electron chi connectivity index (χ2n) is 6.77. The first-order valence-electron chi connectivity index (χ1n) is 8.81. The van der Waals surface area contributed by atoms with Crippen molar-refractivity contribution in [2.45, 2.75) is 32.6 Å². The van der Waals surface area contributed by atoms with Crippen molar-refractivity contribution in [3.8, 4) is 0 Å². The Morgan fingerprint density at radius 2 is 2.12 bits per heavy atom. The average molecular weight is 370 g/mol. The van der Waals surface area contributed by atoms with E-state index in [9.17, 15) is 4.79 Å². The van der Waals surface area contributed by atoms with E-state index in [1.54, 1.807) is 16.0 Å². The third kappa shape index (κ3) is 3.10. The van der Waals surface area contributed by atoms with Crippen molar-refractivity contribution < 1.29 is 4.79 Å². The van der Waals surface area contributed by atoms with E-state index in [4.69, 9.17) is 0 Å². The zero-order valence-electron chi connectivity index (χ0n) is 15.2. The predicted molar refractivity (Wildman–Crippen MR) is 103 cm³/mol. The van der Waals surface area contributed by atoms with Gasteiger partial charge in [-0.2, -0.15) is 5.10 Å². The smallest absolute Gasteiger partial charge is 0.258 e. The fraction of sp³-hybridized carbons (Fsp3) is 0.444. The molecule has 0 radical (unpaired) electrons. The van der Waals surface area contributed by atoms with Crippen molar-refractivity contribution in [1.29, 1.82) is 0 Å². The van der Waals surface area contributed by atoms with Crippen LogP contribution in [0, 0.1) is 13.8 Å². The van der Waals surface area contributed by atoms with Crippen molar-refractivity contribution in [3.63, 3.8) is 0 Å². The molecule has 1 saturated heterocycles. The zero-order valence-corrected chi connectivity index (χ0v) is 16.0. The number of nitrogens with one attached hydrogen (secondary N) is 2. The van der Waals surface area contributed by atoms with Crippen LogP contribution in [-0.4, -0.2) is 38.7 Å². The molecule has 0 atom stereocenters. The molecule has 0 bridgehead atoms. The first-order valence-corrected chi connectivity index (χ1v) is 9.63. The monoisotopic (exact) mass is 370 g/mol. The lowest BCUT2D eigenvalue weighted by Crippen LogP contribution is -2.26. The van der Waals surface area contributed by atoms with Gasteiger partial charge in [-0.25, -0.2) is 9.97 Å². The van der Waals surface area contributed by atoms with Gasteiger partial charge in [0, 0.05) is 23.8 Å². The summed E-state index contributed by atoms with van der Waals surface area (Å²) in [7, 11) is 1.84. The van der Waals surface area contributed by atoms with Crippen LogP contribution in [0.5, 0.6) is 0 Å². The summed E-state index contributed by atoms with van der Waals surface area (Å²) in [6, 6.07) is 1.81. The SMILES string of the molecule is Cc1cc(C(=O)Nc2ncc(C3CCNCC3)s2)c2c(C)nn(C)c2n1. The Kier molecular flexibility index (Phi) is 4.46. The van der Waals surface area contributed by atoms with Crippen LogP contribution in [-0.2, 0) is 7.05 Å². The van der Waals surface area contributed by atoms with Crippen LogP contribution in [0.4, 0.5) is 5.13 Å². The highest BCUT2D eigenvalue weighted by atomic mass is 32.1. The number of carbonyl (C=O) groups is 1. The summed E-state index contributed by atoms with van der Waals surface area (Å²) in [5.74, 6) is 0.373. The summed E-state index contributed by atoms with van der Waals surface area (Å²) in [5.41, 5.74) is 2.91. The molecule has 0 spiro atoms. The van der Waals surface area contributed by atoms with Crippen molar-refractivity contribution >= 4 is 33.4 Å². The Labute approximate surface area is 155 Å². The van der Waals surface area contributed by atoms with Crippen LogP contribution < -0.4 is 10.6 Å². The van der Waals surface area contributed by atoms with Gasteiger partial charge in [0.2, 0.25) is 0 Å². The quantitative estimate of drug-likeness (QED) is 0.740. The number of hydrogen-bond acceptors (Lipinski definition) is 6. The largest absolute Gasteiger partial charge is 0.317 e.